The molecule has 1 aliphatic heterocycles. The molecule has 1 aromatic heterocycles. The summed E-state index contributed by atoms with van der Waals surface area (Å²) in [6.45, 7) is 9.60. The lowest BCUT2D eigenvalue weighted by Gasteiger charge is -2.41. The van der Waals surface area contributed by atoms with Gasteiger partial charge in [0.2, 0.25) is 0 Å². The lowest BCUT2D eigenvalue weighted by molar-refractivity contribution is 0.181. The molecule has 1 N–H and O–H groups in total. The topological polar surface area (TPSA) is 37.4 Å². The van der Waals surface area contributed by atoms with Gasteiger partial charge in [0.15, 0.2) is 5.13 Å². The Morgan fingerprint density at radius 1 is 1.40 bits per heavy atom. The quantitative estimate of drug-likeness (QED) is 0.907. The Morgan fingerprint density at radius 2 is 2.15 bits per heavy atom. The van der Waals surface area contributed by atoms with Crippen molar-refractivity contribution in [3.05, 3.63) is 10.6 Å². The number of hydrogen-bond donors (Lipinski definition) is 1. The first-order valence-corrected chi connectivity index (χ1v) is 8.27. The van der Waals surface area contributed by atoms with Crippen LogP contribution in [-0.4, -0.2) is 31.7 Å². The average Bonchev–Trinajstić information content (AvgIpc) is 2.78. The van der Waals surface area contributed by atoms with Gasteiger partial charge in [0.1, 0.15) is 0 Å². The van der Waals surface area contributed by atoms with Gasteiger partial charge in [-0.05, 0) is 32.2 Å². The standard InChI is InChI=1S/C15H27N3OS/c1-10-6-11(2)12(3)18(8-10)15-17-13(9-19-5)14(20-15)7-16-4/h10-12,16H,6-9H2,1-5H3. The number of nitrogens with zero attached hydrogens (tertiary/aromatic N) is 2. The summed E-state index contributed by atoms with van der Waals surface area (Å²) in [5.74, 6) is 1.46. The largest absolute Gasteiger partial charge is 0.378 e. The van der Waals surface area contributed by atoms with Crippen LogP contribution in [0.2, 0.25) is 0 Å². The molecule has 114 valence electrons. The molecule has 2 heterocycles. The van der Waals surface area contributed by atoms with Crippen molar-refractivity contribution in [2.75, 3.05) is 25.6 Å². The Labute approximate surface area is 126 Å². The third kappa shape index (κ3) is 3.32. The average molecular weight is 297 g/mol. The predicted molar refractivity (Wildman–Crippen MR) is 85.3 cm³/mol. The van der Waals surface area contributed by atoms with Gasteiger partial charge in [-0.1, -0.05) is 13.8 Å². The van der Waals surface area contributed by atoms with Crippen LogP contribution in [0.5, 0.6) is 0 Å². The van der Waals surface area contributed by atoms with Crippen LogP contribution in [0.4, 0.5) is 5.13 Å². The van der Waals surface area contributed by atoms with Gasteiger partial charge in [-0.3, -0.25) is 0 Å². The van der Waals surface area contributed by atoms with Gasteiger partial charge in [0.05, 0.1) is 12.3 Å². The molecule has 0 aliphatic carbocycles. The zero-order chi connectivity index (χ0) is 14.7. The molecule has 1 aromatic rings. The van der Waals surface area contributed by atoms with Gasteiger partial charge >= 0.3 is 0 Å². The lowest BCUT2D eigenvalue weighted by Crippen LogP contribution is -2.45. The summed E-state index contributed by atoms with van der Waals surface area (Å²) in [5.41, 5.74) is 1.08. The Balaban J connectivity index is 2.24. The molecule has 0 radical (unpaired) electrons. The smallest absolute Gasteiger partial charge is 0.186 e. The number of piperidine rings is 1. The van der Waals surface area contributed by atoms with E-state index < -0.39 is 0 Å². The maximum atomic E-state index is 5.28. The number of aromatic nitrogens is 1. The van der Waals surface area contributed by atoms with Gasteiger partial charge in [0.25, 0.3) is 0 Å². The molecule has 20 heavy (non-hydrogen) atoms. The molecule has 5 heteroatoms. The third-order valence-corrected chi connectivity index (χ3v) is 5.36. The Morgan fingerprint density at radius 3 is 2.80 bits per heavy atom. The highest BCUT2D eigenvalue weighted by molar-refractivity contribution is 7.15. The van der Waals surface area contributed by atoms with E-state index in [2.05, 4.69) is 31.0 Å². The Kier molecular flexibility index (Phi) is 5.41. The third-order valence-electron chi connectivity index (χ3n) is 4.23. The number of thiazole rings is 1. The molecule has 0 saturated carbocycles. The van der Waals surface area contributed by atoms with Crippen LogP contribution in [0.3, 0.4) is 0 Å². The SMILES string of the molecule is CNCc1sc(N2CC(C)CC(C)C2C)nc1COC. The number of methoxy groups -OCH3 is 1. The van der Waals surface area contributed by atoms with E-state index in [-0.39, 0.29) is 0 Å². The molecule has 1 saturated heterocycles. The van der Waals surface area contributed by atoms with E-state index in [0.29, 0.717) is 12.6 Å². The van der Waals surface area contributed by atoms with Crippen LogP contribution in [0.25, 0.3) is 0 Å². The number of ether oxygens (including phenoxy) is 1. The van der Waals surface area contributed by atoms with Crippen molar-refractivity contribution in [1.29, 1.82) is 0 Å². The van der Waals surface area contributed by atoms with Crippen molar-refractivity contribution in [2.24, 2.45) is 11.8 Å². The molecule has 1 fully saturated rings. The van der Waals surface area contributed by atoms with E-state index in [9.17, 15) is 0 Å². The second-order valence-electron chi connectivity index (χ2n) is 6.04. The monoisotopic (exact) mass is 297 g/mol. The first kappa shape index (κ1) is 15.7. The normalized spacial score (nSPS) is 27.1. The summed E-state index contributed by atoms with van der Waals surface area (Å²) < 4.78 is 5.28. The van der Waals surface area contributed by atoms with E-state index in [1.165, 1.54) is 11.3 Å². The van der Waals surface area contributed by atoms with Crippen LogP contribution in [-0.2, 0) is 17.9 Å². The summed E-state index contributed by atoms with van der Waals surface area (Å²) in [5, 5.41) is 4.38. The number of hydrogen-bond acceptors (Lipinski definition) is 5. The van der Waals surface area contributed by atoms with Crippen molar-refractivity contribution in [3.8, 4) is 0 Å². The minimum atomic E-state index is 0.565. The molecule has 2 rings (SSSR count). The van der Waals surface area contributed by atoms with E-state index in [1.807, 2.05) is 18.4 Å². The van der Waals surface area contributed by atoms with Crippen molar-refractivity contribution in [3.63, 3.8) is 0 Å². The van der Waals surface area contributed by atoms with Crippen molar-refractivity contribution >= 4 is 16.5 Å². The summed E-state index contributed by atoms with van der Waals surface area (Å²) in [4.78, 5) is 8.62. The molecular weight excluding hydrogens is 270 g/mol. The maximum absolute atomic E-state index is 5.28. The van der Waals surface area contributed by atoms with Crippen molar-refractivity contribution in [2.45, 2.75) is 46.4 Å². The highest BCUT2D eigenvalue weighted by atomic mass is 32.1. The fourth-order valence-corrected chi connectivity index (χ4v) is 4.18. The molecule has 1 aliphatic rings. The molecule has 0 bridgehead atoms. The Bertz CT molecular complexity index is 411. The summed E-state index contributed by atoms with van der Waals surface area (Å²) in [6, 6.07) is 0.565. The lowest BCUT2D eigenvalue weighted by atomic mass is 9.86. The van der Waals surface area contributed by atoms with Gasteiger partial charge in [-0.15, -0.1) is 11.3 Å². The molecular formula is C15H27N3OS. The minimum absolute atomic E-state index is 0.565. The first-order chi connectivity index (χ1) is 9.56. The zero-order valence-electron chi connectivity index (χ0n) is 13.3. The molecule has 0 amide bonds. The van der Waals surface area contributed by atoms with Crippen LogP contribution >= 0.6 is 11.3 Å². The second kappa shape index (κ2) is 6.87. The zero-order valence-corrected chi connectivity index (χ0v) is 14.1. The van der Waals surface area contributed by atoms with Crippen LogP contribution in [0.15, 0.2) is 0 Å². The molecule has 0 aromatic carbocycles. The second-order valence-corrected chi connectivity index (χ2v) is 7.10. The number of anilines is 1. The van der Waals surface area contributed by atoms with Crippen molar-refractivity contribution < 1.29 is 4.74 Å². The van der Waals surface area contributed by atoms with Crippen LogP contribution < -0.4 is 10.2 Å². The fourth-order valence-electron chi connectivity index (χ4n) is 3.01. The van der Waals surface area contributed by atoms with Gasteiger partial charge < -0.3 is 15.0 Å². The molecule has 0 spiro atoms. The van der Waals surface area contributed by atoms with E-state index in [1.54, 1.807) is 7.11 Å². The number of rotatable bonds is 5. The van der Waals surface area contributed by atoms with Gasteiger partial charge in [-0.25, -0.2) is 4.98 Å². The highest BCUT2D eigenvalue weighted by Crippen LogP contribution is 2.35. The van der Waals surface area contributed by atoms with E-state index in [0.717, 1.165) is 35.8 Å². The predicted octanol–water partition coefficient (Wildman–Crippen LogP) is 2.88. The van der Waals surface area contributed by atoms with Crippen LogP contribution in [0.1, 0.15) is 37.8 Å². The summed E-state index contributed by atoms with van der Waals surface area (Å²) in [6.07, 6.45) is 1.32. The van der Waals surface area contributed by atoms with Crippen LogP contribution in [0, 0.1) is 11.8 Å². The van der Waals surface area contributed by atoms with E-state index in [4.69, 9.17) is 9.72 Å². The fraction of sp³-hybridized carbons (Fsp3) is 0.800. The molecule has 3 unspecified atom stereocenters. The minimum Gasteiger partial charge on any atom is -0.378 e. The Hall–Kier alpha value is -0.650. The summed E-state index contributed by atoms with van der Waals surface area (Å²) in [7, 11) is 3.71. The highest BCUT2D eigenvalue weighted by Gasteiger charge is 2.31. The van der Waals surface area contributed by atoms with Gasteiger partial charge in [0, 0.05) is 31.1 Å². The molecule has 3 atom stereocenters. The van der Waals surface area contributed by atoms with Gasteiger partial charge in [-0.2, -0.15) is 0 Å². The van der Waals surface area contributed by atoms with E-state index >= 15 is 0 Å². The number of nitrogens with one attached hydrogen (secondary N) is 1. The first-order valence-electron chi connectivity index (χ1n) is 7.45. The molecule has 4 nitrogen and oxygen atoms in total. The van der Waals surface area contributed by atoms with Crippen molar-refractivity contribution in [1.82, 2.24) is 10.3 Å². The maximum Gasteiger partial charge on any atom is 0.186 e. The summed E-state index contributed by atoms with van der Waals surface area (Å²) >= 11 is 1.81.